The number of urea groups is 1. The van der Waals surface area contributed by atoms with Crippen LogP contribution in [0.15, 0.2) is 22.7 Å². The van der Waals surface area contributed by atoms with Gasteiger partial charge in [0.25, 0.3) is 0 Å². The van der Waals surface area contributed by atoms with Gasteiger partial charge >= 0.3 is 6.03 Å². The van der Waals surface area contributed by atoms with Crippen molar-refractivity contribution >= 4 is 45.2 Å². The summed E-state index contributed by atoms with van der Waals surface area (Å²) in [7, 11) is 1.53. The summed E-state index contributed by atoms with van der Waals surface area (Å²) in [6, 6.07) is 4.66. The first-order chi connectivity index (χ1) is 7.43. The molecule has 1 aromatic carbocycles. The highest BCUT2D eigenvalue weighted by atomic mass is 79.9. The number of nitrogens with zero attached hydrogens (tertiary/aromatic N) is 1. The van der Waals surface area contributed by atoms with E-state index in [1.807, 2.05) is 0 Å². The summed E-state index contributed by atoms with van der Waals surface area (Å²) in [6.07, 6.45) is 0. The molecular weight excluding hydrogens is 295 g/mol. The van der Waals surface area contributed by atoms with Gasteiger partial charge in [-0.1, -0.05) is 17.7 Å². The summed E-state index contributed by atoms with van der Waals surface area (Å²) >= 11 is 9.26. The number of guanidine groups is 1. The molecule has 0 bridgehead atoms. The van der Waals surface area contributed by atoms with Gasteiger partial charge < -0.3 is 5.73 Å². The zero-order chi connectivity index (χ0) is 12.3. The lowest BCUT2D eigenvalue weighted by Crippen LogP contribution is -2.44. The summed E-state index contributed by atoms with van der Waals surface area (Å²) in [5.41, 5.74) is 5.58. The average molecular weight is 306 g/mol. The lowest BCUT2D eigenvalue weighted by Gasteiger charge is -2.20. The Morgan fingerprint density at radius 1 is 1.62 bits per heavy atom. The zero-order valence-corrected chi connectivity index (χ0v) is 10.8. The Balaban J connectivity index is 3.00. The first-order valence-corrected chi connectivity index (χ1v) is 5.43. The maximum absolute atomic E-state index is 11.6. The Labute approximate surface area is 106 Å². The molecule has 0 heterocycles. The largest absolute Gasteiger partial charge is 0.370 e. The van der Waals surface area contributed by atoms with E-state index in [9.17, 15) is 4.79 Å². The molecule has 16 heavy (non-hydrogen) atoms. The molecule has 0 fully saturated rings. The highest BCUT2D eigenvalue weighted by molar-refractivity contribution is 9.10. The molecule has 1 rings (SSSR count). The minimum absolute atomic E-state index is 0.417. The number of halogens is 2. The number of anilines is 1. The topological polar surface area (TPSA) is 82.2 Å². The third-order valence-corrected chi connectivity index (χ3v) is 2.76. The Bertz CT molecular complexity index is 417. The van der Waals surface area contributed by atoms with Crippen molar-refractivity contribution < 1.29 is 4.79 Å². The Hall–Kier alpha value is -1.27. The monoisotopic (exact) mass is 304 g/mol. The third kappa shape index (κ3) is 2.86. The number of nitrogens with one attached hydrogen (secondary N) is 2. The quantitative estimate of drug-likeness (QED) is 0.549. The molecule has 0 atom stereocenters. The van der Waals surface area contributed by atoms with Crippen molar-refractivity contribution in [3.8, 4) is 0 Å². The Morgan fingerprint density at radius 3 is 2.75 bits per heavy atom. The van der Waals surface area contributed by atoms with Gasteiger partial charge in [-0.2, -0.15) is 0 Å². The van der Waals surface area contributed by atoms with Gasteiger partial charge in [0.2, 0.25) is 0 Å². The number of hydrogen-bond acceptors (Lipinski definition) is 2. The highest BCUT2D eigenvalue weighted by Gasteiger charge is 2.16. The highest BCUT2D eigenvalue weighted by Crippen LogP contribution is 2.32. The van der Waals surface area contributed by atoms with Crippen molar-refractivity contribution in [1.29, 1.82) is 5.41 Å². The van der Waals surface area contributed by atoms with Crippen LogP contribution in [0.4, 0.5) is 10.5 Å². The van der Waals surface area contributed by atoms with E-state index in [0.717, 1.165) is 0 Å². The van der Waals surface area contributed by atoms with Crippen LogP contribution in [0.1, 0.15) is 0 Å². The fourth-order valence-corrected chi connectivity index (χ4v) is 2.16. The molecule has 0 aromatic heterocycles. The standard InChI is InChI=1S/C9H10BrClN4O/c1-15(9(16)14-8(12)13)7-5(10)3-2-4-6(7)11/h2-4H,1H3,(H4,12,13,14,16). The van der Waals surface area contributed by atoms with Crippen LogP contribution in [0.5, 0.6) is 0 Å². The van der Waals surface area contributed by atoms with Crippen molar-refractivity contribution in [3.63, 3.8) is 0 Å². The van der Waals surface area contributed by atoms with Crippen molar-refractivity contribution in [2.45, 2.75) is 0 Å². The van der Waals surface area contributed by atoms with Gasteiger partial charge in [-0.15, -0.1) is 0 Å². The van der Waals surface area contributed by atoms with Crippen LogP contribution in [0.2, 0.25) is 5.02 Å². The second-order valence-corrected chi connectivity index (χ2v) is 4.23. The van der Waals surface area contributed by atoms with Gasteiger partial charge in [0.1, 0.15) is 0 Å². The number of para-hydroxylation sites is 1. The number of carbonyl (C=O) groups is 1. The molecular formula is C9H10BrClN4O. The molecule has 0 spiro atoms. The van der Waals surface area contributed by atoms with Crippen LogP contribution in [-0.2, 0) is 0 Å². The molecule has 0 saturated heterocycles. The summed E-state index contributed by atoms with van der Waals surface area (Å²) in [4.78, 5) is 12.8. The minimum atomic E-state index is -0.527. The first kappa shape index (κ1) is 12.8. The molecule has 0 radical (unpaired) electrons. The number of nitrogens with two attached hydrogens (primary N) is 1. The van der Waals surface area contributed by atoms with E-state index < -0.39 is 12.0 Å². The van der Waals surface area contributed by atoms with Gasteiger partial charge in [-0.3, -0.25) is 15.6 Å². The van der Waals surface area contributed by atoms with Crippen molar-refractivity contribution in [2.24, 2.45) is 5.73 Å². The lowest BCUT2D eigenvalue weighted by atomic mass is 10.3. The van der Waals surface area contributed by atoms with Crippen LogP contribution in [0.25, 0.3) is 0 Å². The van der Waals surface area contributed by atoms with E-state index in [2.05, 4.69) is 21.2 Å². The first-order valence-electron chi connectivity index (χ1n) is 4.26. The molecule has 4 N–H and O–H groups in total. The van der Waals surface area contributed by atoms with E-state index in [1.54, 1.807) is 18.2 Å². The molecule has 0 aliphatic carbocycles. The van der Waals surface area contributed by atoms with Crippen LogP contribution in [-0.4, -0.2) is 19.0 Å². The lowest BCUT2D eigenvalue weighted by molar-refractivity contribution is 0.251. The maximum atomic E-state index is 11.6. The zero-order valence-electron chi connectivity index (χ0n) is 8.42. The van der Waals surface area contributed by atoms with Gasteiger partial charge in [-0.05, 0) is 28.1 Å². The normalized spacial score (nSPS) is 9.69. The Morgan fingerprint density at radius 2 is 2.25 bits per heavy atom. The molecule has 5 nitrogen and oxygen atoms in total. The van der Waals surface area contributed by atoms with Crippen LogP contribution >= 0.6 is 27.5 Å². The molecule has 2 amide bonds. The number of benzene rings is 1. The van der Waals surface area contributed by atoms with Crippen molar-refractivity contribution in [1.82, 2.24) is 5.32 Å². The van der Waals surface area contributed by atoms with Gasteiger partial charge in [0.05, 0.1) is 10.7 Å². The number of carbonyl (C=O) groups excluding carboxylic acids is 1. The fraction of sp³-hybridized carbons (Fsp3) is 0.111. The summed E-state index contributed by atoms with van der Waals surface area (Å²) < 4.78 is 0.682. The van der Waals surface area contributed by atoms with E-state index in [4.69, 9.17) is 22.7 Å². The second kappa shape index (κ2) is 5.18. The maximum Gasteiger partial charge on any atom is 0.328 e. The van der Waals surface area contributed by atoms with E-state index in [0.29, 0.717) is 15.2 Å². The SMILES string of the molecule is CN(C(=O)NC(=N)N)c1c(Cl)cccc1Br. The minimum Gasteiger partial charge on any atom is -0.370 e. The van der Waals surface area contributed by atoms with Gasteiger partial charge in [0.15, 0.2) is 5.96 Å². The third-order valence-electron chi connectivity index (χ3n) is 1.82. The smallest absolute Gasteiger partial charge is 0.328 e. The molecule has 86 valence electrons. The summed E-state index contributed by atoms with van der Waals surface area (Å²) in [6.45, 7) is 0. The summed E-state index contributed by atoms with van der Waals surface area (Å²) in [5, 5.41) is 9.55. The van der Waals surface area contributed by atoms with Crippen molar-refractivity contribution in [3.05, 3.63) is 27.7 Å². The van der Waals surface area contributed by atoms with Crippen LogP contribution in [0.3, 0.4) is 0 Å². The van der Waals surface area contributed by atoms with E-state index in [-0.39, 0.29) is 0 Å². The number of hydrogen-bond donors (Lipinski definition) is 3. The number of amides is 2. The summed E-state index contributed by atoms with van der Waals surface area (Å²) in [5.74, 6) is -0.417. The predicted molar refractivity (Wildman–Crippen MR) is 68.0 cm³/mol. The number of rotatable bonds is 1. The Kier molecular flexibility index (Phi) is 4.14. The van der Waals surface area contributed by atoms with Crippen LogP contribution < -0.4 is 16.0 Å². The molecule has 7 heteroatoms. The van der Waals surface area contributed by atoms with Gasteiger partial charge in [-0.25, -0.2) is 4.79 Å². The van der Waals surface area contributed by atoms with Crippen LogP contribution in [0, 0.1) is 5.41 Å². The van der Waals surface area contributed by atoms with Crippen molar-refractivity contribution in [2.75, 3.05) is 11.9 Å². The fourth-order valence-electron chi connectivity index (χ4n) is 1.11. The second-order valence-electron chi connectivity index (χ2n) is 2.97. The molecule has 0 aliphatic rings. The molecule has 1 aromatic rings. The van der Waals surface area contributed by atoms with E-state index >= 15 is 0 Å². The molecule has 0 aliphatic heterocycles. The average Bonchev–Trinajstić information content (AvgIpc) is 2.16. The molecule has 0 saturated carbocycles. The van der Waals surface area contributed by atoms with E-state index in [1.165, 1.54) is 11.9 Å². The van der Waals surface area contributed by atoms with Gasteiger partial charge in [0, 0.05) is 11.5 Å². The predicted octanol–water partition coefficient (Wildman–Crippen LogP) is 2.14. The molecule has 0 unspecified atom stereocenters.